The number of thiophene rings is 1. The summed E-state index contributed by atoms with van der Waals surface area (Å²) in [7, 11) is 3.00. The molecule has 0 saturated heterocycles. The molecule has 112 valence electrons. The Hall–Kier alpha value is -2.67. The van der Waals surface area contributed by atoms with Crippen molar-refractivity contribution in [3.63, 3.8) is 0 Å². The van der Waals surface area contributed by atoms with Gasteiger partial charge in [-0.25, -0.2) is 9.78 Å². The van der Waals surface area contributed by atoms with Gasteiger partial charge in [0.05, 0.1) is 12.0 Å². The first-order chi connectivity index (χ1) is 10.6. The summed E-state index contributed by atoms with van der Waals surface area (Å²) in [5, 5.41) is 0. The maximum Gasteiger partial charge on any atom is 0.348 e. The molecule has 3 aromatic heterocycles. The van der Waals surface area contributed by atoms with Gasteiger partial charge in [0.1, 0.15) is 10.5 Å². The lowest BCUT2D eigenvalue weighted by atomic mass is 10.3. The van der Waals surface area contributed by atoms with Crippen molar-refractivity contribution in [3.8, 4) is 0 Å². The molecule has 0 spiro atoms. The number of fused-ring (bicyclic) bond motifs is 1. The third-order valence-corrected chi connectivity index (χ3v) is 4.33. The zero-order chi connectivity index (χ0) is 15.7. The molecule has 0 aromatic carbocycles. The van der Waals surface area contributed by atoms with Crippen LogP contribution >= 0.6 is 11.3 Å². The van der Waals surface area contributed by atoms with Crippen molar-refractivity contribution in [1.82, 2.24) is 9.38 Å². The van der Waals surface area contributed by atoms with Crippen LogP contribution in [0.1, 0.15) is 19.3 Å². The van der Waals surface area contributed by atoms with E-state index in [0.717, 1.165) is 22.7 Å². The largest absolute Gasteiger partial charge is 0.465 e. The molecule has 3 rings (SSSR count). The van der Waals surface area contributed by atoms with E-state index in [0.29, 0.717) is 9.75 Å². The molecule has 0 unspecified atom stereocenters. The minimum atomic E-state index is -0.439. The van der Waals surface area contributed by atoms with Crippen LogP contribution in [0.25, 0.3) is 5.65 Å². The minimum absolute atomic E-state index is 0.184. The highest BCUT2D eigenvalue weighted by atomic mass is 32.1. The maximum absolute atomic E-state index is 12.5. The average molecular weight is 315 g/mol. The van der Waals surface area contributed by atoms with Crippen molar-refractivity contribution in [2.75, 3.05) is 19.1 Å². The van der Waals surface area contributed by atoms with Gasteiger partial charge in [-0.3, -0.25) is 4.79 Å². The zero-order valence-electron chi connectivity index (χ0n) is 12.0. The lowest BCUT2D eigenvalue weighted by Crippen LogP contribution is -2.25. The second-order valence-corrected chi connectivity index (χ2v) is 5.68. The van der Waals surface area contributed by atoms with Crippen molar-refractivity contribution >= 4 is 34.5 Å². The third-order valence-electron chi connectivity index (χ3n) is 3.28. The zero-order valence-corrected chi connectivity index (χ0v) is 12.8. The fourth-order valence-corrected chi connectivity index (χ4v) is 2.95. The molecule has 22 heavy (non-hydrogen) atoms. The van der Waals surface area contributed by atoms with Gasteiger partial charge in [-0.05, 0) is 18.2 Å². The highest BCUT2D eigenvalue weighted by Gasteiger charge is 2.18. The number of carbonyl (C=O) groups is 2. The van der Waals surface area contributed by atoms with E-state index in [1.54, 1.807) is 25.4 Å². The molecule has 6 nitrogen and oxygen atoms in total. The summed E-state index contributed by atoms with van der Waals surface area (Å²) in [4.78, 5) is 30.6. The van der Waals surface area contributed by atoms with Gasteiger partial charge in [0.25, 0.3) is 5.91 Å². The van der Waals surface area contributed by atoms with Gasteiger partial charge in [-0.15, -0.1) is 11.3 Å². The standard InChI is InChI=1S/C15H13N3O3S/c1-17(10-5-7-18-8-6-16-13(18)9-10)14(19)11-3-4-12(22-11)15(20)21-2/h3-9H,1-2H3. The molecule has 0 N–H and O–H groups in total. The van der Waals surface area contributed by atoms with Gasteiger partial charge in [-0.1, -0.05) is 0 Å². The second kappa shape index (κ2) is 5.61. The first-order valence-corrected chi connectivity index (χ1v) is 7.30. The van der Waals surface area contributed by atoms with E-state index >= 15 is 0 Å². The molecule has 0 saturated carbocycles. The summed E-state index contributed by atoms with van der Waals surface area (Å²) < 4.78 is 6.51. The number of nitrogens with zero attached hydrogens (tertiary/aromatic N) is 3. The van der Waals surface area contributed by atoms with Gasteiger partial charge in [0.15, 0.2) is 0 Å². The van der Waals surface area contributed by atoms with E-state index < -0.39 is 5.97 Å². The van der Waals surface area contributed by atoms with Crippen molar-refractivity contribution in [2.24, 2.45) is 0 Å². The first kappa shape index (κ1) is 14.3. The Morgan fingerprint density at radius 3 is 2.77 bits per heavy atom. The molecular weight excluding hydrogens is 302 g/mol. The number of carbonyl (C=O) groups excluding carboxylic acids is 2. The topological polar surface area (TPSA) is 63.9 Å². The average Bonchev–Trinajstić information content (AvgIpc) is 3.20. The third kappa shape index (κ3) is 2.46. The second-order valence-electron chi connectivity index (χ2n) is 4.60. The Morgan fingerprint density at radius 1 is 1.23 bits per heavy atom. The van der Waals surface area contributed by atoms with E-state index in [1.165, 1.54) is 12.0 Å². The van der Waals surface area contributed by atoms with Gasteiger partial charge in [-0.2, -0.15) is 0 Å². The van der Waals surface area contributed by atoms with E-state index in [2.05, 4.69) is 9.72 Å². The number of ether oxygens (including phenoxy) is 1. The van der Waals surface area contributed by atoms with Crippen LogP contribution in [0.15, 0.2) is 42.9 Å². The molecule has 1 amide bonds. The summed E-state index contributed by atoms with van der Waals surface area (Å²) in [5.74, 6) is -0.624. The number of hydrogen-bond donors (Lipinski definition) is 0. The number of esters is 1. The molecule has 0 aliphatic carbocycles. The lowest BCUT2D eigenvalue weighted by Gasteiger charge is -2.16. The predicted molar refractivity (Wildman–Crippen MR) is 83.6 cm³/mol. The van der Waals surface area contributed by atoms with Gasteiger partial charge >= 0.3 is 5.97 Å². The van der Waals surface area contributed by atoms with Crippen LogP contribution in [-0.2, 0) is 4.74 Å². The normalized spacial score (nSPS) is 10.6. The lowest BCUT2D eigenvalue weighted by molar-refractivity contribution is 0.0606. The quantitative estimate of drug-likeness (QED) is 0.697. The highest BCUT2D eigenvalue weighted by molar-refractivity contribution is 7.16. The Kier molecular flexibility index (Phi) is 3.64. The Morgan fingerprint density at radius 2 is 2.00 bits per heavy atom. The van der Waals surface area contributed by atoms with Crippen LogP contribution in [0.3, 0.4) is 0 Å². The summed E-state index contributed by atoms with van der Waals surface area (Å²) in [5.41, 5.74) is 1.50. The first-order valence-electron chi connectivity index (χ1n) is 6.49. The van der Waals surface area contributed by atoms with Crippen molar-refractivity contribution < 1.29 is 14.3 Å². The van der Waals surface area contributed by atoms with Crippen molar-refractivity contribution in [2.45, 2.75) is 0 Å². The van der Waals surface area contributed by atoms with Crippen LogP contribution in [0.2, 0.25) is 0 Å². The van der Waals surface area contributed by atoms with Crippen molar-refractivity contribution in [3.05, 3.63) is 52.6 Å². The molecule has 3 heterocycles. The minimum Gasteiger partial charge on any atom is -0.465 e. The molecule has 0 radical (unpaired) electrons. The van der Waals surface area contributed by atoms with Crippen LogP contribution in [-0.4, -0.2) is 35.4 Å². The number of imidazole rings is 1. The molecule has 0 aliphatic heterocycles. The van der Waals surface area contributed by atoms with Crippen LogP contribution < -0.4 is 4.90 Å². The summed E-state index contributed by atoms with van der Waals surface area (Å²) in [6.45, 7) is 0. The van der Waals surface area contributed by atoms with Gasteiger partial charge < -0.3 is 14.0 Å². The molecule has 0 bridgehead atoms. The molecule has 0 fully saturated rings. The Balaban J connectivity index is 1.87. The molecular formula is C15H13N3O3S. The van der Waals surface area contributed by atoms with Gasteiger partial charge in [0, 0.05) is 37.4 Å². The van der Waals surface area contributed by atoms with E-state index in [-0.39, 0.29) is 5.91 Å². The fraction of sp³-hybridized carbons (Fsp3) is 0.133. The van der Waals surface area contributed by atoms with Gasteiger partial charge in [0.2, 0.25) is 0 Å². The summed E-state index contributed by atoms with van der Waals surface area (Å²) in [6, 6.07) is 6.88. The number of amides is 1. The van der Waals surface area contributed by atoms with Crippen LogP contribution in [0, 0.1) is 0 Å². The van der Waals surface area contributed by atoms with Crippen LogP contribution in [0.4, 0.5) is 5.69 Å². The van der Waals surface area contributed by atoms with E-state index in [1.807, 2.05) is 28.9 Å². The predicted octanol–water partition coefficient (Wildman–Crippen LogP) is 2.46. The molecule has 3 aromatic rings. The smallest absolute Gasteiger partial charge is 0.348 e. The monoisotopic (exact) mass is 315 g/mol. The van der Waals surface area contributed by atoms with E-state index in [4.69, 9.17) is 0 Å². The number of rotatable bonds is 3. The molecule has 0 aliphatic rings. The summed E-state index contributed by atoms with van der Waals surface area (Å²) >= 11 is 1.12. The Bertz CT molecular complexity index is 852. The summed E-state index contributed by atoms with van der Waals surface area (Å²) in [6.07, 6.45) is 5.38. The molecule has 0 atom stereocenters. The van der Waals surface area contributed by atoms with Crippen LogP contribution in [0.5, 0.6) is 0 Å². The number of methoxy groups -OCH3 is 1. The highest BCUT2D eigenvalue weighted by Crippen LogP contribution is 2.22. The number of pyridine rings is 1. The number of anilines is 1. The maximum atomic E-state index is 12.5. The van der Waals surface area contributed by atoms with Crippen molar-refractivity contribution in [1.29, 1.82) is 0 Å². The number of aromatic nitrogens is 2. The SMILES string of the molecule is COC(=O)c1ccc(C(=O)N(C)c2ccn3ccnc3c2)s1. The Labute approximate surface area is 130 Å². The number of hydrogen-bond acceptors (Lipinski definition) is 5. The fourth-order valence-electron chi connectivity index (χ4n) is 2.05. The molecule has 7 heteroatoms. The van der Waals surface area contributed by atoms with E-state index in [9.17, 15) is 9.59 Å².